The normalized spacial score (nSPS) is 18.7. The molecular formula is C13H12N4O. The molecule has 1 N–H and O–H groups in total. The molecule has 3 rings (SSSR count). The first-order valence-corrected chi connectivity index (χ1v) is 5.86. The zero-order chi connectivity index (χ0) is 12.4. The molecule has 1 aliphatic rings. The van der Waals surface area contributed by atoms with Gasteiger partial charge in [-0.3, -0.25) is 4.98 Å². The first-order valence-electron chi connectivity index (χ1n) is 5.86. The number of nitrogens with one attached hydrogen (secondary N) is 1. The summed E-state index contributed by atoms with van der Waals surface area (Å²) in [5.74, 6) is 0.738. The lowest BCUT2D eigenvalue weighted by Gasteiger charge is -2.13. The molecule has 0 spiro atoms. The molecule has 0 saturated carbocycles. The highest BCUT2D eigenvalue weighted by atomic mass is 16.5. The van der Waals surface area contributed by atoms with E-state index in [2.05, 4.69) is 21.4 Å². The van der Waals surface area contributed by atoms with Crippen molar-refractivity contribution in [3.63, 3.8) is 0 Å². The molecule has 0 bridgehead atoms. The van der Waals surface area contributed by atoms with Crippen molar-refractivity contribution in [2.75, 3.05) is 18.5 Å². The van der Waals surface area contributed by atoms with Gasteiger partial charge in [0.25, 0.3) is 0 Å². The Morgan fingerprint density at radius 2 is 2.44 bits per heavy atom. The number of nitriles is 1. The summed E-state index contributed by atoms with van der Waals surface area (Å²) < 4.78 is 5.33. The second-order valence-corrected chi connectivity index (χ2v) is 4.27. The zero-order valence-electron chi connectivity index (χ0n) is 9.76. The molecule has 2 aromatic heterocycles. The van der Waals surface area contributed by atoms with E-state index in [9.17, 15) is 0 Å². The van der Waals surface area contributed by atoms with Gasteiger partial charge < -0.3 is 10.1 Å². The molecule has 0 radical (unpaired) electrons. The third kappa shape index (κ3) is 1.98. The minimum atomic E-state index is 0.266. The van der Waals surface area contributed by atoms with Crippen LogP contribution in [-0.2, 0) is 4.74 Å². The van der Waals surface area contributed by atoms with Crippen LogP contribution >= 0.6 is 0 Å². The van der Waals surface area contributed by atoms with E-state index in [1.54, 1.807) is 18.5 Å². The first-order chi connectivity index (χ1) is 8.86. The van der Waals surface area contributed by atoms with Gasteiger partial charge in [-0.1, -0.05) is 0 Å². The topological polar surface area (TPSA) is 70.8 Å². The summed E-state index contributed by atoms with van der Waals surface area (Å²) in [5.41, 5.74) is 0.400. The van der Waals surface area contributed by atoms with E-state index in [0.717, 1.165) is 29.6 Å². The standard InChI is InChI=1S/C13H12N4O/c14-6-11-5-9-7-15-3-1-12(9)13(17-11)16-10-2-4-18-8-10/h1,3,5,7,10H,2,4,8H2,(H,16,17)/t10-/m1/s1. The van der Waals surface area contributed by atoms with Crippen LogP contribution in [0, 0.1) is 11.3 Å². The number of ether oxygens (including phenoxy) is 1. The monoisotopic (exact) mass is 240 g/mol. The number of anilines is 1. The third-order valence-electron chi connectivity index (χ3n) is 3.02. The SMILES string of the molecule is N#Cc1cc2cnccc2c(N[C@@H]2CCOC2)n1. The smallest absolute Gasteiger partial charge is 0.143 e. The highest BCUT2D eigenvalue weighted by Gasteiger charge is 2.17. The van der Waals surface area contributed by atoms with Crippen LogP contribution in [0.5, 0.6) is 0 Å². The maximum atomic E-state index is 9.00. The minimum absolute atomic E-state index is 0.266. The van der Waals surface area contributed by atoms with Crippen LogP contribution in [0.25, 0.3) is 10.8 Å². The van der Waals surface area contributed by atoms with E-state index in [1.165, 1.54) is 0 Å². The Bertz CT molecular complexity index is 614. The molecule has 0 unspecified atom stereocenters. The van der Waals surface area contributed by atoms with Crippen LogP contribution in [0.1, 0.15) is 12.1 Å². The Hall–Kier alpha value is -2.19. The molecule has 1 saturated heterocycles. The molecule has 1 atom stereocenters. The van der Waals surface area contributed by atoms with Gasteiger partial charge in [-0.25, -0.2) is 4.98 Å². The van der Waals surface area contributed by atoms with Gasteiger partial charge in [0.2, 0.25) is 0 Å². The molecule has 0 aliphatic carbocycles. The molecule has 18 heavy (non-hydrogen) atoms. The van der Waals surface area contributed by atoms with Crippen LogP contribution in [0.2, 0.25) is 0 Å². The molecule has 0 aromatic carbocycles. The number of hydrogen-bond donors (Lipinski definition) is 1. The Balaban J connectivity index is 2.05. The summed E-state index contributed by atoms with van der Waals surface area (Å²) in [6, 6.07) is 5.99. The maximum absolute atomic E-state index is 9.00. The zero-order valence-corrected chi connectivity index (χ0v) is 9.76. The van der Waals surface area contributed by atoms with E-state index in [4.69, 9.17) is 10.00 Å². The van der Waals surface area contributed by atoms with Gasteiger partial charge in [-0.15, -0.1) is 0 Å². The van der Waals surface area contributed by atoms with Crippen molar-refractivity contribution in [2.24, 2.45) is 0 Å². The lowest BCUT2D eigenvalue weighted by Crippen LogP contribution is -2.20. The lowest BCUT2D eigenvalue weighted by molar-refractivity contribution is 0.195. The number of pyridine rings is 2. The molecule has 3 heterocycles. The van der Waals surface area contributed by atoms with E-state index in [-0.39, 0.29) is 6.04 Å². The number of aromatic nitrogens is 2. The van der Waals surface area contributed by atoms with E-state index < -0.39 is 0 Å². The Labute approximate surface area is 104 Å². The van der Waals surface area contributed by atoms with E-state index in [0.29, 0.717) is 12.3 Å². The number of fused-ring (bicyclic) bond motifs is 1. The lowest BCUT2D eigenvalue weighted by atomic mass is 10.1. The number of rotatable bonds is 2. The van der Waals surface area contributed by atoms with Gasteiger partial charge in [0.1, 0.15) is 17.6 Å². The second kappa shape index (κ2) is 4.59. The summed E-state index contributed by atoms with van der Waals surface area (Å²) in [6.07, 6.45) is 4.44. The molecule has 5 heteroatoms. The maximum Gasteiger partial charge on any atom is 0.143 e. The van der Waals surface area contributed by atoms with Gasteiger partial charge in [-0.05, 0) is 18.6 Å². The predicted molar refractivity (Wildman–Crippen MR) is 67.1 cm³/mol. The average molecular weight is 240 g/mol. The van der Waals surface area contributed by atoms with E-state index >= 15 is 0 Å². The summed E-state index contributed by atoms with van der Waals surface area (Å²) in [6.45, 7) is 1.46. The largest absolute Gasteiger partial charge is 0.379 e. The van der Waals surface area contributed by atoms with Gasteiger partial charge in [0.15, 0.2) is 0 Å². The second-order valence-electron chi connectivity index (χ2n) is 4.27. The molecule has 1 aliphatic heterocycles. The quantitative estimate of drug-likeness (QED) is 0.865. The minimum Gasteiger partial charge on any atom is -0.379 e. The molecular weight excluding hydrogens is 228 g/mol. The van der Waals surface area contributed by atoms with Crippen molar-refractivity contribution in [3.05, 3.63) is 30.2 Å². The molecule has 5 nitrogen and oxygen atoms in total. The highest BCUT2D eigenvalue weighted by Crippen LogP contribution is 2.23. The van der Waals surface area contributed by atoms with Crippen LogP contribution < -0.4 is 5.32 Å². The fourth-order valence-electron chi connectivity index (χ4n) is 2.11. The van der Waals surface area contributed by atoms with Crippen molar-refractivity contribution >= 4 is 16.6 Å². The molecule has 2 aromatic rings. The molecule has 90 valence electrons. The predicted octanol–water partition coefficient (Wildman–Crippen LogP) is 1.70. The number of nitrogens with zero attached hydrogens (tertiary/aromatic N) is 3. The fraction of sp³-hybridized carbons (Fsp3) is 0.308. The average Bonchev–Trinajstić information content (AvgIpc) is 2.91. The van der Waals surface area contributed by atoms with Crippen molar-refractivity contribution in [2.45, 2.75) is 12.5 Å². The van der Waals surface area contributed by atoms with Crippen molar-refractivity contribution < 1.29 is 4.74 Å². The van der Waals surface area contributed by atoms with E-state index in [1.807, 2.05) is 6.07 Å². The van der Waals surface area contributed by atoms with Gasteiger partial charge in [0, 0.05) is 29.8 Å². The van der Waals surface area contributed by atoms with Crippen LogP contribution in [-0.4, -0.2) is 29.2 Å². The highest BCUT2D eigenvalue weighted by molar-refractivity contribution is 5.92. The van der Waals surface area contributed by atoms with Crippen molar-refractivity contribution in [1.82, 2.24) is 9.97 Å². The van der Waals surface area contributed by atoms with Crippen LogP contribution in [0.15, 0.2) is 24.5 Å². The Morgan fingerprint density at radius 1 is 1.50 bits per heavy atom. The number of hydrogen-bond acceptors (Lipinski definition) is 5. The summed E-state index contributed by atoms with van der Waals surface area (Å²) in [4.78, 5) is 8.40. The Morgan fingerprint density at radius 3 is 3.22 bits per heavy atom. The van der Waals surface area contributed by atoms with Crippen LogP contribution in [0.4, 0.5) is 5.82 Å². The molecule has 1 fully saturated rings. The van der Waals surface area contributed by atoms with Gasteiger partial charge in [-0.2, -0.15) is 5.26 Å². The summed E-state index contributed by atoms with van der Waals surface area (Å²) in [5, 5.41) is 14.2. The summed E-state index contributed by atoms with van der Waals surface area (Å²) >= 11 is 0. The Kier molecular flexibility index (Phi) is 2.79. The molecule has 0 amide bonds. The fourth-order valence-corrected chi connectivity index (χ4v) is 2.11. The first kappa shape index (κ1) is 10.9. The van der Waals surface area contributed by atoms with Crippen LogP contribution in [0.3, 0.4) is 0 Å². The third-order valence-corrected chi connectivity index (χ3v) is 3.02. The van der Waals surface area contributed by atoms with Gasteiger partial charge in [0.05, 0.1) is 12.6 Å². The van der Waals surface area contributed by atoms with Gasteiger partial charge >= 0.3 is 0 Å². The van der Waals surface area contributed by atoms with Crippen molar-refractivity contribution in [1.29, 1.82) is 5.26 Å². The summed E-state index contributed by atoms with van der Waals surface area (Å²) in [7, 11) is 0. The van der Waals surface area contributed by atoms with Crippen molar-refractivity contribution in [3.8, 4) is 6.07 Å².